The Labute approximate surface area is 174 Å². The molecular formula is C16H19F9O4S2. The van der Waals surface area contributed by atoms with Crippen LogP contribution < -0.4 is 4.74 Å². The average molecular weight is 510 g/mol. The maximum atomic E-state index is 13.8. The smallest absolute Gasteiger partial charge is 0.460 e. The third kappa shape index (κ3) is 5.35. The summed E-state index contributed by atoms with van der Waals surface area (Å²) < 4.78 is 150. The van der Waals surface area contributed by atoms with Crippen molar-refractivity contribution in [3.8, 4) is 5.75 Å². The van der Waals surface area contributed by atoms with Crippen LogP contribution in [0.4, 0.5) is 39.5 Å². The standard InChI is InChI=1S/C16H19F9O4S2/c1-4-5-10-28-11-6-8-12(9-7-11)30(2,3)29-31(26,27)16(24,25)14(19,20)13(17,18)15(21,22)23/h6-9H,4-5,10H2,1-3H3. The van der Waals surface area contributed by atoms with Crippen molar-refractivity contribution in [3.05, 3.63) is 24.3 Å². The van der Waals surface area contributed by atoms with E-state index >= 15 is 0 Å². The maximum Gasteiger partial charge on any atom is 0.460 e. The van der Waals surface area contributed by atoms with Crippen LogP contribution in [0.2, 0.25) is 0 Å². The first-order chi connectivity index (χ1) is 13.7. The Morgan fingerprint density at radius 2 is 1.32 bits per heavy atom. The van der Waals surface area contributed by atoms with Gasteiger partial charge in [0.1, 0.15) is 5.75 Å². The van der Waals surface area contributed by atoms with Crippen molar-refractivity contribution in [2.24, 2.45) is 0 Å². The molecule has 0 unspecified atom stereocenters. The molecule has 0 aromatic heterocycles. The van der Waals surface area contributed by atoms with Gasteiger partial charge >= 0.3 is 33.4 Å². The minimum Gasteiger partial charge on any atom is -0.494 e. The van der Waals surface area contributed by atoms with E-state index in [9.17, 15) is 47.9 Å². The fourth-order valence-electron chi connectivity index (χ4n) is 2.02. The number of halogens is 9. The van der Waals surface area contributed by atoms with Crippen molar-refractivity contribution >= 4 is 20.4 Å². The molecular weight excluding hydrogens is 491 g/mol. The van der Waals surface area contributed by atoms with Crippen LogP contribution in [0.5, 0.6) is 5.75 Å². The zero-order chi connectivity index (χ0) is 24.5. The maximum absolute atomic E-state index is 13.8. The van der Waals surface area contributed by atoms with Gasteiger partial charge in [0.25, 0.3) is 0 Å². The van der Waals surface area contributed by atoms with Crippen molar-refractivity contribution in [1.29, 1.82) is 0 Å². The molecule has 0 N–H and O–H groups in total. The molecule has 0 bridgehead atoms. The number of unbranched alkanes of at least 4 members (excludes halogenated alkanes) is 1. The molecule has 15 heteroatoms. The zero-order valence-corrected chi connectivity index (χ0v) is 17.9. The van der Waals surface area contributed by atoms with Crippen LogP contribution in [0.15, 0.2) is 29.2 Å². The molecule has 0 atom stereocenters. The second kappa shape index (κ2) is 8.89. The van der Waals surface area contributed by atoms with Crippen LogP contribution in [-0.2, 0) is 13.7 Å². The summed E-state index contributed by atoms with van der Waals surface area (Å²) in [6, 6.07) is 4.90. The monoisotopic (exact) mass is 510 g/mol. The molecule has 0 amide bonds. The normalized spacial score (nSPS) is 15.1. The highest BCUT2D eigenvalue weighted by atomic mass is 32.3. The number of alkyl halides is 9. The van der Waals surface area contributed by atoms with Crippen LogP contribution in [0.1, 0.15) is 19.8 Å². The van der Waals surface area contributed by atoms with Crippen LogP contribution in [0, 0.1) is 0 Å². The molecule has 0 spiro atoms. The summed E-state index contributed by atoms with van der Waals surface area (Å²) in [7, 11) is -10.3. The van der Waals surface area contributed by atoms with Gasteiger partial charge in [-0.05, 0) is 43.2 Å². The van der Waals surface area contributed by atoms with Crippen molar-refractivity contribution < 1.29 is 56.3 Å². The highest BCUT2D eigenvalue weighted by Gasteiger charge is 2.86. The number of hydrogen-bond donors (Lipinski definition) is 0. The van der Waals surface area contributed by atoms with E-state index in [-0.39, 0.29) is 4.90 Å². The Morgan fingerprint density at radius 1 is 0.839 bits per heavy atom. The molecule has 0 radical (unpaired) electrons. The van der Waals surface area contributed by atoms with E-state index in [1.54, 1.807) is 0 Å². The van der Waals surface area contributed by atoms with E-state index in [0.29, 0.717) is 18.8 Å². The van der Waals surface area contributed by atoms with Gasteiger partial charge in [0.15, 0.2) is 0 Å². The Hall–Kier alpha value is -1.35. The minimum absolute atomic E-state index is 0.111. The molecule has 1 aromatic carbocycles. The topological polar surface area (TPSA) is 52.6 Å². The molecule has 0 saturated carbocycles. The van der Waals surface area contributed by atoms with Crippen LogP contribution in [-0.4, -0.2) is 50.8 Å². The summed E-state index contributed by atoms with van der Waals surface area (Å²) in [6.45, 7) is 2.24. The first kappa shape index (κ1) is 27.7. The molecule has 0 aliphatic heterocycles. The summed E-state index contributed by atoms with van der Waals surface area (Å²) >= 11 is 0. The molecule has 0 saturated heterocycles. The van der Waals surface area contributed by atoms with Gasteiger partial charge in [0.2, 0.25) is 0 Å². The largest absolute Gasteiger partial charge is 0.494 e. The number of benzene rings is 1. The lowest BCUT2D eigenvalue weighted by Gasteiger charge is -2.36. The zero-order valence-electron chi connectivity index (χ0n) is 16.3. The summed E-state index contributed by atoms with van der Waals surface area (Å²) in [5.41, 5.74) is 0. The number of ether oxygens (including phenoxy) is 1. The predicted molar refractivity (Wildman–Crippen MR) is 95.5 cm³/mol. The average Bonchev–Trinajstić information content (AvgIpc) is 2.60. The highest BCUT2D eigenvalue weighted by Crippen LogP contribution is 2.59. The first-order valence-electron chi connectivity index (χ1n) is 8.36. The van der Waals surface area contributed by atoms with E-state index in [1.807, 2.05) is 6.92 Å². The lowest BCUT2D eigenvalue weighted by atomic mass is 10.1. The molecule has 182 valence electrons. The minimum atomic E-state index is -7.35. The van der Waals surface area contributed by atoms with Gasteiger partial charge in [-0.1, -0.05) is 23.7 Å². The lowest BCUT2D eigenvalue weighted by Crippen LogP contribution is -2.63. The fraction of sp³-hybridized carbons (Fsp3) is 0.625. The van der Waals surface area contributed by atoms with Crippen LogP contribution in [0.3, 0.4) is 0 Å². The van der Waals surface area contributed by atoms with Gasteiger partial charge < -0.3 is 4.74 Å². The predicted octanol–water partition coefficient (Wildman–Crippen LogP) is 5.98. The van der Waals surface area contributed by atoms with Crippen LogP contribution in [0.25, 0.3) is 0 Å². The second-order valence-corrected chi connectivity index (χ2v) is 11.5. The Balaban J connectivity index is 3.21. The lowest BCUT2D eigenvalue weighted by molar-refractivity contribution is -0.382. The van der Waals surface area contributed by atoms with E-state index in [2.05, 4.69) is 3.63 Å². The van der Waals surface area contributed by atoms with Crippen molar-refractivity contribution in [3.63, 3.8) is 0 Å². The van der Waals surface area contributed by atoms with Gasteiger partial charge in [-0.3, -0.25) is 0 Å². The fourth-order valence-corrected chi connectivity index (χ4v) is 5.70. The van der Waals surface area contributed by atoms with Crippen LogP contribution >= 0.6 is 10.3 Å². The highest BCUT2D eigenvalue weighted by molar-refractivity contribution is 8.32. The third-order valence-electron chi connectivity index (χ3n) is 3.85. The molecule has 0 aliphatic carbocycles. The van der Waals surface area contributed by atoms with Gasteiger partial charge in [0, 0.05) is 4.90 Å². The molecule has 4 nitrogen and oxygen atoms in total. The molecule has 31 heavy (non-hydrogen) atoms. The number of hydrogen-bond acceptors (Lipinski definition) is 4. The summed E-state index contributed by atoms with van der Waals surface area (Å²) in [5, 5.41) is -6.90. The molecule has 0 fully saturated rings. The molecule has 0 aliphatic rings. The Kier molecular flexibility index (Phi) is 7.93. The quantitative estimate of drug-likeness (QED) is 0.287. The first-order valence-corrected chi connectivity index (χ1v) is 12.1. The van der Waals surface area contributed by atoms with Crippen molar-refractivity contribution in [2.75, 3.05) is 19.1 Å². The van der Waals surface area contributed by atoms with Crippen molar-refractivity contribution in [2.45, 2.75) is 47.9 Å². The molecule has 1 aromatic rings. The van der Waals surface area contributed by atoms with E-state index in [1.165, 1.54) is 12.1 Å². The third-order valence-corrected chi connectivity index (χ3v) is 8.22. The second-order valence-electron chi connectivity index (χ2n) is 6.59. The van der Waals surface area contributed by atoms with Crippen molar-refractivity contribution in [1.82, 2.24) is 0 Å². The van der Waals surface area contributed by atoms with E-state index in [0.717, 1.165) is 31.1 Å². The Morgan fingerprint density at radius 3 is 1.74 bits per heavy atom. The summed E-state index contributed by atoms with van der Waals surface area (Å²) in [5.74, 6) is -14.4. The van der Waals surface area contributed by atoms with E-state index < -0.39 is 43.7 Å². The van der Waals surface area contributed by atoms with E-state index in [4.69, 9.17) is 4.74 Å². The van der Waals surface area contributed by atoms with Gasteiger partial charge in [0.05, 0.1) is 6.61 Å². The number of rotatable bonds is 10. The van der Waals surface area contributed by atoms with Gasteiger partial charge in [-0.2, -0.15) is 47.9 Å². The molecule has 0 heterocycles. The SMILES string of the molecule is CCCCOc1ccc(S(C)(C)OS(=O)(=O)C(F)(F)C(F)(F)C(F)(F)C(F)(F)F)cc1. The summed E-state index contributed by atoms with van der Waals surface area (Å²) in [6.07, 6.45) is -3.81. The molecule has 1 rings (SSSR count). The van der Waals surface area contributed by atoms with Gasteiger partial charge in [-0.25, -0.2) is 3.63 Å². The summed E-state index contributed by atoms with van der Waals surface area (Å²) in [4.78, 5) is -0.111. The Bertz CT molecular complexity index is 851. The van der Waals surface area contributed by atoms with Gasteiger partial charge in [-0.15, -0.1) is 0 Å².